The van der Waals surface area contributed by atoms with Gasteiger partial charge in [0, 0.05) is 5.69 Å². The molecule has 0 amide bonds. The number of tetrazole rings is 1. The van der Waals surface area contributed by atoms with Gasteiger partial charge in [-0.1, -0.05) is 6.08 Å². The highest BCUT2D eigenvalue weighted by Gasteiger charge is 2.21. The number of carbonyl (C=O) groups is 1. The summed E-state index contributed by atoms with van der Waals surface area (Å²) in [6, 6.07) is 4.18. The van der Waals surface area contributed by atoms with Crippen LogP contribution < -0.4 is 4.72 Å². The van der Waals surface area contributed by atoms with Gasteiger partial charge in [0.05, 0.1) is 16.2 Å². The van der Waals surface area contributed by atoms with Crippen molar-refractivity contribution < 1.29 is 18.3 Å². The largest absolute Gasteiger partial charge is 0.478 e. The summed E-state index contributed by atoms with van der Waals surface area (Å²) in [6.07, 6.45) is 5.99. The Morgan fingerprint density at radius 2 is 2.12 bits per heavy atom. The van der Waals surface area contributed by atoms with E-state index in [0.717, 1.165) is 19.3 Å². The Hall–Kier alpha value is -2.75. The van der Waals surface area contributed by atoms with Gasteiger partial charge in [-0.3, -0.25) is 4.72 Å². The van der Waals surface area contributed by atoms with Crippen LogP contribution in [0.15, 0.2) is 35.5 Å². The summed E-state index contributed by atoms with van der Waals surface area (Å²) in [5.74, 6) is -1.21. The van der Waals surface area contributed by atoms with Gasteiger partial charge in [-0.15, -0.1) is 5.10 Å². The van der Waals surface area contributed by atoms with Crippen LogP contribution >= 0.6 is 0 Å². The Bertz CT molecular complexity index is 890. The van der Waals surface area contributed by atoms with Crippen molar-refractivity contribution in [2.24, 2.45) is 0 Å². The number of carboxylic acid groups (broad SMARTS) is 1. The number of hydrogen-bond acceptors (Lipinski definition) is 6. The Morgan fingerprint density at radius 1 is 1.29 bits per heavy atom. The number of anilines is 1. The van der Waals surface area contributed by atoms with E-state index in [1.807, 2.05) is 0 Å². The maximum Gasteiger partial charge on any atom is 0.337 e. The van der Waals surface area contributed by atoms with Crippen LogP contribution in [-0.4, -0.2) is 39.7 Å². The fourth-order valence-corrected chi connectivity index (χ4v) is 3.83. The van der Waals surface area contributed by atoms with Gasteiger partial charge in [-0.25, -0.2) is 13.2 Å². The number of rotatable bonds is 5. The second-order valence-corrected chi connectivity index (χ2v) is 7.05. The molecule has 1 aliphatic rings. The fourth-order valence-electron chi connectivity index (χ4n) is 2.52. The monoisotopic (exact) mass is 349 g/mol. The SMILES string of the molecule is O=C(O)c1cc(NS(=O)(=O)C2=CCCCC2)ccc1-n1cnnn1. The van der Waals surface area contributed by atoms with Crippen LogP contribution in [0, 0.1) is 0 Å². The van der Waals surface area contributed by atoms with Crippen molar-refractivity contribution in [3.8, 4) is 5.69 Å². The van der Waals surface area contributed by atoms with Gasteiger partial charge in [0.1, 0.15) is 6.33 Å². The molecule has 1 aromatic carbocycles. The molecule has 1 aliphatic carbocycles. The van der Waals surface area contributed by atoms with E-state index >= 15 is 0 Å². The van der Waals surface area contributed by atoms with Gasteiger partial charge in [0.2, 0.25) is 0 Å². The normalized spacial score (nSPS) is 14.9. The molecule has 9 nitrogen and oxygen atoms in total. The summed E-state index contributed by atoms with van der Waals surface area (Å²) in [5, 5.41) is 19.9. The Morgan fingerprint density at radius 3 is 2.75 bits per heavy atom. The van der Waals surface area contributed by atoms with Gasteiger partial charge >= 0.3 is 5.97 Å². The summed E-state index contributed by atoms with van der Waals surface area (Å²) in [5.41, 5.74) is 0.308. The third-order valence-electron chi connectivity index (χ3n) is 3.67. The molecule has 0 spiro atoms. The van der Waals surface area contributed by atoms with E-state index in [-0.39, 0.29) is 16.9 Å². The quantitative estimate of drug-likeness (QED) is 0.838. The van der Waals surface area contributed by atoms with Gasteiger partial charge < -0.3 is 5.11 Å². The van der Waals surface area contributed by atoms with Crippen LogP contribution in [0.4, 0.5) is 5.69 Å². The number of hydrogen-bond donors (Lipinski definition) is 2. The number of carboxylic acids is 1. The summed E-state index contributed by atoms with van der Waals surface area (Å²) in [6.45, 7) is 0. The van der Waals surface area contributed by atoms with Crippen LogP contribution in [-0.2, 0) is 10.0 Å². The molecule has 1 aromatic heterocycles. The molecule has 24 heavy (non-hydrogen) atoms. The number of nitrogens with one attached hydrogen (secondary N) is 1. The van der Waals surface area contributed by atoms with Gasteiger partial charge in [-0.05, 0) is 54.3 Å². The Kier molecular flexibility index (Phi) is 4.30. The van der Waals surface area contributed by atoms with Crippen LogP contribution in [0.2, 0.25) is 0 Å². The molecule has 0 aliphatic heterocycles. The maximum absolute atomic E-state index is 12.4. The molecule has 0 bridgehead atoms. The molecule has 126 valence electrons. The molecular formula is C14H15N5O4S. The molecule has 1 heterocycles. The lowest BCUT2D eigenvalue weighted by Crippen LogP contribution is -2.17. The van der Waals surface area contributed by atoms with Crippen LogP contribution in [0.1, 0.15) is 36.0 Å². The van der Waals surface area contributed by atoms with Crippen LogP contribution in [0.25, 0.3) is 5.69 Å². The fraction of sp³-hybridized carbons (Fsp3) is 0.286. The number of aromatic carboxylic acids is 1. The van der Waals surface area contributed by atoms with E-state index in [2.05, 4.69) is 20.2 Å². The van der Waals surface area contributed by atoms with Crippen molar-refractivity contribution in [3.05, 3.63) is 41.1 Å². The zero-order chi connectivity index (χ0) is 17.2. The first-order valence-electron chi connectivity index (χ1n) is 7.30. The molecule has 0 atom stereocenters. The lowest BCUT2D eigenvalue weighted by atomic mass is 10.1. The molecule has 0 saturated carbocycles. The van der Waals surface area contributed by atoms with E-state index in [1.54, 1.807) is 6.08 Å². The van der Waals surface area contributed by atoms with Crippen molar-refractivity contribution in [1.29, 1.82) is 0 Å². The molecule has 10 heteroatoms. The first kappa shape index (κ1) is 16.1. The van der Waals surface area contributed by atoms with E-state index in [4.69, 9.17) is 0 Å². The van der Waals surface area contributed by atoms with Gasteiger partial charge in [0.25, 0.3) is 10.0 Å². The van der Waals surface area contributed by atoms with Crippen molar-refractivity contribution in [3.63, 3.8) is 0 Å². The van der Waals surface area contributed by atoms with Crippen molar-refractivity contribution in [2.45, 2.75) is 25.7 Å². The maximum atomic E-state index is 12.4. The van der Waals surface area contributed by atoms with Crippen molar-refractivity contribution in [2.75, 3.05) is 4.72 Å². The lowest BCUT2D eigenvalue weighted by molar-refractivity contribution is 0.0696. The lowest BCUT2D eigenvalue weighted by Gasteiger charge is -2.15. The molecule has 2 N–H and O–H groups in total. The topological polar surface area (TPSA) is 127 Å². The zero-order valence-corrected chi connectivity index (χ0v) is 13.4. The number of sulfonamides is 1. The Labute approximate surface area is 138 Å². The van der Waals surface area contributed by atoms with Crippen molar-refractivity contribution in [1.82, 2.24) is 20.2 Å². The number of nitrogens with zero attached hydrogens (tertiary/aromatic N) is 4. The summed E-state index contributed by atoms with van der Waals surface area (Å²) in [7, 11) is -3.67. The number of allylic oxidation sites excluding steroid dienone is 2. The summed E-state index contributed by atoms with van der Waals surface area (Å²) in [4.78, 5) is 11.8. The first-order valence-corrected chi connectivity index (χ1v) is 8.78. The molecule has 0 fully saturated rings. The predicted molar refractivity (Wildman–Crippen MR) is 85.2 cm³/mol. The highest BCUT2D eigenvalue weighted by Crippen LogP contribution is 2.26. The zero-order valence-electron chi connectivity index (χ0n) is 12.6. The van der Waals surface area contributed by atoms with Crippen molar-refractivity contribution >= 4 is 21.7 Å². The average Bonchev–Trinajstić information content (AvgIpc) is 3.09. The second kappa shape index (κ2) is 6.40. The first-order chi connectivity index (χ1) is 11.5. The number of aromatic nitrogens is 4. The predicted octanol–water partition coefficient (Wildman–Crippen LogP) is 1.56. The summed E-state index contributed by atoms with van der Waals surface area (Å²) >= 11 is 0. The standard InChI is InChI=1S/C14H15N5O4S/c20-14(21)12-8-10(6-7-13(12)19-9-15-17-18-19)16-24(22,23)11-4-2-1-3-5-11/h4,6-9,16H,1-3,5H2,(H,20,21). The molecule has 0 radical (unpaired) electrons. The average molecular weight is 349 g/mol. The smallest absolute Gasteiger partial charge is 0.337 e. The number of benzene rings is 1. The third-order valence-corrected chi connectivity index (χ3v) is 5.24. The van der Waals surface area contributed by atoms with Crippen LogP contribution in [0.3, 0.4) is 0 Å². The minimum absolute atomic E-state index is 0.111. The van der Waals surface area contributed by atoms with Gasteiger partial charge in [0.15, 0.2) is 0 Å². The highest BCUT2D eigenvalue weighted by atomic mass is 32.2. The molecule has 0 saturated heterocycles. The highest BCUT2D eigenvalue weighted by molar-refractivity contribution is 7.96. The van der Waals surface area contributed by atoms with Gasteiger partial charge in [-0.2, -0.15) is 4.68 Å². The van der Waals surface area contributed by atoms with E-state index in [1.165, 1.54) is 29.2 Å². The van der Waals surface area contributed by atoms with E-state index < -0.39 is 16.0 Å². The summed E-state index contributed by atoms with van der Waals surface area (Å²) < 4.78 is 28.4. The third kappa shape index (κ3) is 3.27. The minimum Gasteiger partial charge on any atom is -0.478 e. The minimum atomic E-state index is -3.67. The molecular weight excluding hydrogens is 334 g/mol. The molecule has 3 rings (SSSR count). The van der Waals surface area contributed by atoms with E-state index in [9.17, 15) is 18.3 Å². The van der Waals surface area contributed by atoms with Crippen LogP contribution in [0.5, 0.6) is 0 Å². The van der Waals surface area contributed by atoms with E-state index in [0.29, 0.717) is 11.3 Å². The second-order valence-electron chi connectivity index (χ2n) is 5.31. The Balaban J connectivity index is 1.94. The molecule has 0 unspecified atom stereocenters. The molecule has 2 aromatic rings.